The largest absolute Gasteiger partial charge is 0.314 e. The van der Waals surface area contributed by atoms with E-state index in [2.05, 4.69) is 302 Å². The fourth-order valence-corrected chi connectivity index (χ4v) is 16.4. The summed E-state index contributed by atoms with van der Waals surface area (Å²) in [5.41, 5.74) is 31.1. The minimum Gasteiger partial charge on any atom is -0.314 e. The third-order valence-corrected chi connectivity index (χ3v) is 21.1. The van der Waals surface area contributed by atoms with Gasteiger partial charge in [-0.25, -0.2) is 0 Å². The average molecular weight is 1090 g/mol. The van der Waals surface area contributed by atoms with Crippen molar-refractivity contribution >= 4 is 33.5 Å². The molecule has 9 aromatic carbocycles. The van der Waals surface area contributed by atoms with Crippen LogP contribution in [0.15, 0.2) is 254 Å². The summed E-state index contributed by atoms with van der Waals surface area (Å²) in [5, 5.41) is 2.51. The third-order valence-electron chi connectivity index (χ3n) is 21.1. The maximum atomic E-state index is 2.61. The van der Waals surface area contributed by atoms with Crippen LogP contribution in [0.3, 0.4) is 0 Å². The van der Waals surface area contributed by atoms with E-state index >= 15 is 0 Å². The van der Waals surface area contributed by atoms with Crippen LogP contribution in [0.25, 0.3) is 44.2 Å². The smallest absolute Gasteiger partial charge is 0.0467 e. The van der Waals surface area contributed by atoms with Gasteiger partial charge >= 0.3 is 0 Å². The number of benzene rings is 9. The number of hydrogen-bond acceptors (Lipinski definition) is 2. The van der Waals surface area contributed by atoms with E-state index in [1.54, 1.807) is 0 Å². The molecule has 2 heteroatoms. The Hall–Kier alpha value is -8.72. The molecule has 7 aliphatic rings. The van der Waals surface area contributed by atoms with E-state index in [1.165, 1.54) is 140 Å². The van der Waals surface area contributed by atoms with Gasteiger partial charge in [0.15, 0.2) is 0 Å². The minimum absolute atomic E-state index is 0.0604. The molecular weight excluding hydrogens is 1010 g/mol. The fraction of sp³-hybridized carbons (Fsp3) is 0.220. The van der Waals surface area contributed by atoms with Crippen molar-refractivity contribution in [2.24, 2.45) is 11.8 Å². The van der Waals surface area contributed by atoms with Crippen LogP contribution in [0.1, 0.15) is 123 Å². The van der Waals surface area contributed by atoms with Crippen LogP contribution in [-0.4, -0.2) is 0 Å². The average Bonchev–Trinajstić information content (AvgIpc) is 2.32. The van der Waals surface area contributed by atoms with E-state index in [0.717, 1.165) is 19.3 Å². The van der Waals surface area contributed by atoms with Crippen LogP contribution in [0.4, 0.5) is 22.7 Å². The first-order chi connectivity index (χ1) is 40.6. The van der Waals surface area contributed by atoms with Crippen molar-refractivity contribution < 1.29 is 0 Å². The van der Waals surface area contributed by atoms with E-state index in [-0.39, 0.29) is 21.7 Å². The summed E-state index contributed by atoms with van der Waals surface area (Å²) in [6, 6.07) is 69.8. The molecule has 410 valence electrons. The predicted octanol–water partition coefficient (Wildman–Crippen LogP) is 20.9. The molecule has 0 fully saturated rings. The van der Waals surface area contributed by atoms with Gasteiger partial charge in [0.2, 0.25) is 0 Å². The number of para-hydroxylation sites is 2. The normalized spacial score (nSPS) is 20.3. The van der Waals surface area contributed by atoms with Gasteiger partial charge < -0.3 is 9.80 Å². The van der Waals surface area contributed by atoms with Crippen molar-refractivity contribution in [3.8, 4) is 33.4 Å². The zero-order valence-electron chi connectivity index (χ0n) is 49.8. The maximum Gasteiger partial charge on any atom is 0.0467 e. The molecule has 0 spiro atoms. The molecule has 2 nitrogen and oxygen atoms in total. The number of anilines is 4. The second-order valence-electron chi connectivity index (χ2n) is 27.3. The van der Waals surface area contributed by atoms with Gasteiger partial charge in [-0.15, -0.1) is 0 Å². The van der Waals surface area contributed by atoms with Gasteiger partial charge in [-0.1, -0.05) is 213 Å². The number of aryl methyl sites for hydroxylation is 2. The lowest BCUT2D eigenvalue weighted by molar-refractivity contribution is 0.392. The first-order valence-corrected chi connectivity index (χ1v) is 30.8. The van der Waals surface area contributed by atoms with Gasteiger partial charge in [-0.05, 0) is 215 Å². The van der Waals surface area contributed by atoms with Gasteiger partial charge in [-0.2, -0.15) is 0 Å². The second kappa shape index (κ2) is 18.4. The van der Waals surface area contributed by atoms with Gasteiger partial charge in [0.05, 0.1) is 0 Å². The second-order valence-corrected chi connectivity index (χ2v) is 27.3. The van der Waals surface area contributed by atoms with Crippen LogP contribution in [0.5, 0.6) is 0 Å². The van der Waals surface area contributed by atoms with Crippen LogP contribution >= 0.6 is 0 Å². The molecule has 3 unspecified atom stereocenters. The number of nitrogens with zero attached hydrogens (tertiary/aromatic N) is 2. The maximum absolute atomic E-state index is 2.61. The first-order valence-electron chi connectivity index (χ1n) is 30.8. The fourth-order valence-electron chi connectivity index (χ4n) is 16.4. The highest BCUT2D eigenvalue weighted by Crippen LogP contribution is 2.60. The Balaban J connectivity index is 0.658. The summed E-state index contributed by atoms with van der Waals surface area (Å²) in [4.78, 5) is 4.95. The highest BCUT2D eigenvalue weighted by molar-refractivity contribution is 5.92. The van der Waals surface area contributed by atoms with E-state index in [4.69, 9.17) is 0 Å². The molecule has 0 saturated heterocycles. The SMILES string of the molecule is CC1(C)c2cc(CCc3ccc4c(c3)C(C)(C)c3cc5c(cc3-4)C(C)(C)C3C=C(N(c4ccccc4)c4ccc6ccccc6c4)C=CC53)ccc2-c2cc3c(cc21)-c1ccc(N(C2=CC=C4C=CC=CC4C2)c2ccccc2)cc1C3(C)C. The van der Waals surface area contributed by atoms with Crippen LogP contribution in [-0.2, 0) is 34.5 Å². The number of fused-ring (bicyclic) bond motifs is 14. The highest BCUT2D eigenvalue weighted by atomic mass is 15.2. The Morgan fingerprint density at radius 3 is 1.57 bits per heavy atom. The van der Waals surface area contributed by atoms with Gasteiger partial charge in [0, 0.05) is 62.2 Å². The van der Waals surface area contributed by atoms with Crippen molar-refractivity contribution in [3.63, 3.8) is 0 Å². The lowest BCUT2D eigenvalue weighted by atomic mass is 9.73. The predicted molar refractivity (Wildman–Crippen MR) is 353 cm³/mol. The molecular formula is C82H72N2. The molecule has 0 radical (unpaired) electrons. The molecule has 0 amide bonds. The Morgan fingerprint density at radius 1 is 0.405 bits per heavy atom. The van der Waals surface area contributed by atoms with Crippen molar-refractivity contribution in [1.82, 2.24) is 0 Å². The summed E-state index contributed by atoms with van der Waals surface area (Å²) in [7, 11) is 0. The lowest BCUT2D eigenvalue weighted by Crippen LogP contribution is -2.28. The van der Waals surface area contributed by atoms with Crippen molar-refractivity contribution in [1.29, 1.82) is 0 Å². The molecule has 0 saturated carbocycles. The minimum atomic E-state index is -0.165. The van der Waals surface area contributed by atoms with Crippen LogP contribution < -0.4 is 9.80 Å². The van der Waals surface area contributed by atoms with Crippen molar-refractivity contribution in [2.45, 2.75) is 102 Å². The van der Waals surface area contributed by atoms with E-state index in [1.807, 2.05) is 0 Å². The van der Waals surface area contributed by atoms with Crippen molar-refractivity contribution in [2.75, 3.05) is 9.80 Å². The molecule has 3 atom stereocenters. The number of rotatable bonds is 9. The Kier molecular flexibility index (Phi) is 11.2. The van der Waals surface area contributed by atoms with E-state index in [9.17, 15) is 0 Å². The molecule has 0 aliphatic heterocycles. The summed E-state index contributed by atoms with van der Waals surface area (Å²) in [6.07, 6.45) is 24.1. The van der Waals surface area contributed by atoms with Gasteiger partial charge in [0.1, 0.15) is 0 Å². The first kappa shape index (κ1) is 51.0. The topological polar surface area (TPSA) is 6.48 Å². The molecule has 7 aliphatic carbocycles. The summed E-state index contributed by atoms with van der Waals surface area (Å²) in [6.45, 7) is 19.7. The zero-order chi connectivity index (χ0) is 57.0. The van der Waals surface area contributed by atoms with Crippen molar-refractivity contribution in [3.05, 3.63) is 309 Å². The quantitative estimate of drug-likeness (QED) is 0.142. The highest BCUT2D eigenvalue weighted by Gasteiger charge is 2.49. The van der Waals surface area contributed by atoms with Crippen LogP contribution in [0.2, 0.25) is 0 Å². The molecule has 84 heavy (non-hydrogen) atoms. The zero-order valence-corrected chi connectivity index (χ0v) is 49.8. The lowest BCUT2D eigenvalue weighted by Gasteiger charge is -2.34. The van der Waals surface area contributed by atoms with Crippen LogP contribution in [0, 0.1) is 11.8 Å². The van der Waals surface area contributed by atoms with E-state index < -0.39 is 0 Å². The summed E-state index contributed by atoms with van der Waals surface area (Å²) >= 11 is 0. The summed E-state index contributed by atoms with van der Waals surface area (Å²) in [5.74, 6) is 1.04. The van der Waals surface area contributed by atoms with Gasteiger partial charge in [-0.3, -0.25) is 0 Å². The number of allylic oxidation sites excluding steroid dienone is 11. The molecule has 9 aromatic rings. The molecule has 0 N–H and O–H groups in total. The number of hydrogen-bond donors (Lipinski definition) is 0. The Labute approximate surface area is 497 Å². The van der Waals surface area contributed by atoms with E-state index in [0.29, 0.717) is 17.8 Å². The Morgan fingerprint density at radius 2 is 0.929 bits per heavy atom. The van der Waals surface area contributed by atoms with Gasteiger partial charge in [0.25, 0.3) is 0 Å². The third kappa shape index (κ3) is 7.61. The molecule has 16 rings (SSSR count). The molecule has 0 heterocycles. The Bertz CT molecular complexity index is 4470. The monoisotopic (exact) mass is 1080 g/mol. The molecule has 0 aromatic heterocycles. The summed E-state index contributed by atoms with van der Waals surface area (Å²) < 4.78 is 0. The molecule has 0 bridgehead atoms. The standard InChI is InChI=1S/C82H72N2/c1-79(2)71-41-51(29-37-63(71)67-47-77-69(49-75(67)79)65-39-35-61(45-73(65)81(77,5)6)83(57-23-11-9-12-24-57)59-33-31-53-19-15-17-21-55(53)43-59)27-28-52-30-38-64-68-48-78-70(50-76(68)80(3,4)72(64)42-52)66-40-36-62(46-74(66)82(78,7)8)84(58-25-13-10-14-26-58)60-34-32-54-20-16-18-22-56(54)44-60/h9-26,29-43,45-50,56,65,73H,27-28,44H2,1-8H3.